The quantitative estimate of drug-likeness (QED) is 0.417. The molecule has 0 bridgehead atoms. The number of benzene rings is 1. The summed E-state index contributed by atoms with van der Waals surface area (Å²) in [7, 11) is 1.51. The molecule has 0 radical (unpaired) electrons. The van der Waals surface area contributed by atoms with Crippen LogP contribution in [-0.4, -0.2) is 95.7 Å². The second-order valence-electron chi connectivity index (χ2n) is 10.6. The number of hydrogen-bond donors (Lipinski definition) is 3. The highest BCUT2D eigenvalue weighted by atomic mass is 19.4. The molecule has 0 spiro atoms. The lowest BCUT2D eigenvalue weighted by molar-refractivity contribution is -0.275. The molecule has 2 fully saturated rings. The molecule has 13 heteroatoms. The van der Waals surface area contributed by atoms with Gasteiger partial charge in [-0.1, -0.05) is 13.0 Å². The zero-order valence-corrected chi connectivity index (χ0v) is 22.7. The summed E-state index contributed by atoms with van der Waals surface area (Å²) in [4.78, 5) is 20.0. The number of aryl methyl sites for hydroxylation is 1. The number of carbonyl (C=O) groups is 1. The molecule has 1 amide bonds. The Labute approximate surface area is 229 Å². The number of aromatic nitrogens is 1. The molecule has 2 aromatic rings. The lowest BCUT2D eigenvalue weighted by Gasteiger charge is -2.40. The maximum atomic E-state index is 12.6. The predicted molar refractivity (Wildman–Crippen MR) is 137 cm³/mol. The number of amides is 1. The van der Waals surface area contributed by atoms with Gasteiger partial charge in [-0.15, -0.1) is 13.2 Å². The molecule has 0 saturated carbocycles. The van der Waals surface area contributed by atoms with Crippen molar-refractivity contribution < 1.29 is 47.5 Å². The lowest BCUT2D eigenvalue weighted by Crippen LogP contribution is -2.54. The molecule has 220 valence electrons. The molecule has 2 aliphatic rings. The highest BCUT2D eigenvalue weighted by molar-refractivity contribution is 5.81. The second-order valence-corrected chi connectivity index (χ2v) is 10.6. The normalized spacial score (nSPS) is 23.0. The Morgan fingerprint density at radius 1 is 1.18 bits per heavy atom. The first-order valence-corrected chi connectivity index (χ1v) is 12.8. The van der Waals surface area contributed by atoms with Crippen LogP contribution in [0.15, 0.2) is 30.5 Å². The average molecular weight is 570 g/mol. The van der Waals surface area contributed by atoms with Crippen LogP contribution in [0, 0.1) is 12.3 Å². The molecular formula is C27H34F3N3O7. The fourth-order valence-corrected chi connectivity index (χ4v) is 5.20. The van der Waals surface area contributed by atoms with Crippen LogP contribution in [0.5, 0.6) is 17.2 Å². The number of hydrogen-bond acceptors (Lipinski definition) is 9. The average Bonchev–Trinajstić information content (AvgIpc) is 3.24. The van der Waals surface area contributed by atoms with Crippen molar-refractivity contribution >= 4 is 11.7 Å². The van der Waals surface area contributed by atoms with Crippen molar-refractivity contribution in [1.82, 2.24) is 9.88 Å². The van der Waals surface area contributed by atoms with Gasteiger partial charge in [0.2, 0.25) is 0 Å². The number of ether oxygens (including phenoxy) is 3. The van der Waals surface area contributed by atoms with Crippen molar-refractivity contribution in [2.75, 3.05) is 44.8 Å². The molecule has 2 unspecified atom stereocenters. The van der Waals surface area contributed by atoms with Crippen molar-refractivity contribution in [3.8, 4) is 17.2 Å². The van der Waals surface area contributed by atoms with E-state index >= 15 is 0 Å². The number of carbonyl (C=O) groups excluding carboxylic acids is 1. The van der Waals surface area contributed by atoms with Crippen molar-refractivity contribution in [2.24, 2.45) is 5.41 Å². The van der Waals surface area contributed by atoms with Crippen molar-refractivity contribution in [2.45, 2.75) is 51.4 Å². The molecule has 2 saturated heterocycles. The van der Waals surface area contributed by atoms with Gasteiger partial charge in [-0.2, -0.15) is 0 Å². The van der Waals surface area contributed by atoms with Gasteiger partial charge < -0.3 is 39.3 Å². The van der Waals surface area contributed by atoms with E-state index in [1.807, 2.05) is 24.0 Å². The highest BCUT2D eigenvalue weighted by Crippen LogP contribution is 2.47. The topological polar surface area (TPSA) is 125 Å². The summed E-state index contributed by atoms with van der Waals surface area (Å²) < 4.78 is 53.3. The van der Waals surface area contributed by atoms with E-state index in [-0.39, 0.29) is 30.9 Å². The fourth-order valence-electron chi connectivity index (χ4n) is 5.20. The van der Waals surface area contributed by atoms with Crippen LogP contribution >= 0.6 is 0 Å². The van der Waals surface area contributed by atoms with Gasteiger partial charge in [0.25, 0.3) is 5.91 Å². The van der Waals surface area contributed by atoms with E-state index in [9.17, 15) is 33.3 Å². The van der Waals surface area contributed by atoms with E-state index in [2.05, 4.69) is 9.72 Å². The number of aliphatic hydroxyl groups is 3. The monoisotopic (exact) mass is 569 g/mol. The third-order valence-electron chi connectivity index (χ3n) is 7.78. The zero-order valence-electron chi connectivity index (χ0n) is 22.7. The summed E-state index contributed by atoms with van der Waals surface area (Å²) in [5.41, 5.74) is 0.384. The van der Waals surface area contributed by atoms with Crippen molar-refractivity contribution in [3.63, 3.8) is 0 Å². The fraction of sp³-hybridized carbons (Fsp3) is 0.556. The Morgan fingerprint density at radius 3 is 2.45 bits per heavy atom. The van der Waals surface area contributed by atoms with E-state index in [4.69, 9.17) is 9.47 Å². The number of nitrogens with zero attached hydrogens (tertiary/aromatic N) is 3. The van der Waals surface area contributed by atoms with E-state index in [0.29, 0.717) is 36.0 Å². The summed E-state index contributed by atoms with van der Waals surface area (Å²) in [6, 6.07) is 6.93. The number of anilines is 1. The SMILES string of the molecule is COc1ccc([C@@H]2CN(C(=O)C(O)CO)C[C@@]2(C)C(C)O)cc1OC1CN(c2cc(C)c(OC(F)(F)F)cn2)C1. The minimum Gasteiger partial charge on any atom is -0.493 e. The van der Waals surface area contributed by atoms with Gasteiger partial charge in [0.1, 0.15) is 11.9 Å². The first-order chi connectivity index (χ1) is 18.8. The van der Waals surface area contributed by atoms with Crippen LogP contribution in [0.4, 0.5) is 19.0 Å². The maximum Gasteiger partial charge on any atom is 0.573 e. The first-order valence-electron chi connectivity index (χ1n) is 12.8. The van der Waals surface area contributed by atoms with Crippen molar-refractivity contribution in [1.29, 1.82) is 0 Å². The van der Waals surface area contributed by atoms with Crippen LogP contribution in [0.3, 0.4) is 0 Å². The van der Waals surface area contributed by atoms with Gasteiger partial charge in [-0.25, -0.2) is 4.98 Å². The van der Waals surface area contributed by atoms with Crippen LogP contribution in [0.25, 0.3) is 0 Å². The van der Waals surface area contributed by atoms with E-state index in [0.717, 1.165) is 11.8 Å². The summed E-state index contributed by atoms with van der Waals surface area (Å²) >= 11 is 0. The molecule has 1 aromatic heterocycles. The van der Waals surface area contributed by atoms with Gasteiger partial charge in [0.15, 0.2) is 23.4 Å². The Morgan fingerprint density at radius 2 is 1.88 bits per heavy atom. The second kappa shape index (κ2) is 11.3. The summed E-state index contributed by atoms with van der Waals surface area (Å²) in [5.74, 6) is 0.215. The minimum absolute atomic E-state index is 0.199. The third kappa shape index (κ3) is 6.06. The summed E-state index contributed by atoms with van der Waals surface area (Å²) in [5, 5.41) is 29.7. The van der Waals surface area contributed by atoms with Gasteiger partial charge in [-0.05, 0) is 43.2 Å². The molecule has 4 rings (SSSR count). The van der Waals surface area contributed by atoms with Crippen LogP contribution in [-0.2, 0) is 4.79 Å². The molecule has 3 heterocycles. The van der Waals surface area contributed by atoms with Gasteiger partial charge in [0.05, 0.1) is 39.1 Å². The molecule has 1 aromatic carbocycles. The van der Waals surface area contributed by atoms with Crippen LogP contribution in [0.1, 0.15) is 30.9 Å². The number of pyridine rings is 1. The summed E-state index contributed by atoms with van der Waals surface area (Å²) in [6.45, 7) is 5.67. The Kier molecular flexibility index (Phi) is 8.38. The van der Waals surface area contributed by atoms with E-state index in [1.165, 1.54) is 25.0 Å². The van der Waals surface area contributed by atoms with Gasteiger partial charge in [-0.3, -0.25) is 4.79 Å². The first kappa shape index (κ1) is 29.7. The maximum absolute atomic E-state index is 12.6. The minimum atomic E-state index is -4.79. The standard InChI is InChI=1S/C27H34F3N3O7/c1-15-7-24(31-9-23(15)40-27(28,29)30)32-10-18(11-32)39-22-8-17(5-6-21(22)38-4)19-12-33(25(37)20(36)13-34)14-26(19,3)16(2)35/h5-9,16,18-20,34-36H,10-14H2,1-4H3/t16?,19-,20?,26-/m0/s1. The van der Waals surface area contributed by atoms with E-state index < -0.39 is 36.5 Å². The third-order valence-corrected chi connectivity index (χ3v) is 7.78. The molecule has 10 nitrogen and oxygen atoms in total. The lowest BCUT2D eigenvalue weighted by atomic mass is 9.72. The molecular weight excluding hydrogens is 535 g/mol. The molecule has 4 atom stereocenters. The van der Waals surface area contributed by atoms with Crippen LogP contribution < -0.4 is 19.1 Å². The molecule has 0 aliphatic carbocycles. The zero-order chi connectivity index (χ0) is 29.4. The number of halogens is 3. The van der Waals surface area contributed by atoms with Gasteiger partial charge in [0, 0.05) is 24.4 Å². The molecule has 40 heavy (non-hydrogen) atoms. The van der Waals surface area contributed by atoms with E-state index in [1.54, 1.807) is 13.0 Å². The molecule has 3 N–H and O–H groups in total. The Bertz CT molecular complexity index is 1220. The Balaban J connectivity index is 1.48. The highest BCUT2D eigenvalue weighted by Gasteiger charge is 2.49. The number of likely N-dealkylation sites (tertiary alicyclic amines) is 1. The van der Waals surface area contributed by atoms with Gasteiger partial charge >= 0.3 is 6.36 Å². The number of rotatable bonds is 9. The summed E-state index contributed by atoms with van der Waals surface area (Å²) in [6.07, 6.45) is -6.30. The van der Waals surface area contributed by atoms with Crippen molar-refractivity contribution in [3.05, 3.63) is 41.6 Å². The molecule has 2 aliphatic heterocycles. The number of methoxy groups -OCH3 is 1. The number of alkyl halides is 3. The van der Waals surface area contributed by atoms with Crippen LogP contribution in [0.2, 0.25) is 0 Å². The largest absolute Gasteiger partial charge is 0.573 e. The number of aliphatic hydroxyl groups excluding tert-OH is 3. The smallest absolute Gasteiger partial charge is 0.493 e. The Hall–Kier alpha value is -3.29. The predicted octanol–water partition coefficient (Wildman–Crippen LogP) is 2.23.